The van der Waals surface area contributed by atoms with Gasteiger partial charge in [-0.05, 0) is 48.1 Å². The third-order valence-electron chi connectivity index (χ3n) is 3.55. The van der Waals surface area contributed by atoms with Gasteiger partial charge in [0.25, 0.3) is 0 Å². The molecule has 0 saturated carbocycles. The summed E-state index contributed by atoms with van der Waals surface area (Å²) in [5, 5.41) is 9.29. The van der Waals surface area contributed by atoms with E-state index in [0.29, 0.717) is 5.57 Å². The minimum absolute atomic E-state index is 0.112. The van der Waals surface area contributed by atoms with E-state index in [-0.39, 0.29) is 5.41 Å². The van der Waals surface area contributed by atoms with Gasteiger partial charge < -0.3 is 4.90 Å². The van der Waals surface area contributed by atoms with Gasteiger partial charge in [-0.3, -0.25) is 0 Å². The highest BCUT2D eigenvalue weighted by Gasteiger charge is 2.14. The molecule has 1 rings (SSSR count). The second kappa shape index (κ2) is 8.99. The maximum absolute atomic E-state index is 9.29. The molecular weight excluding hydrogens is 292 g/mol. The highest BCUT2D eigenvalue weighted by atomic mass is 15.1. The predicted molar refractivity (Wildman–Crippen MR) is 104 cm³/mol. The molecule has 0 aliphatic carbocycles. The van der Waals surface area contributed by atoms with Crippen LogP contribution in [-0.4, -0.2) is 13.6 Å². The number of allylic oxidation sites excluding steroid dienone is 3. The second-order valence-corrected chi connectivity index (χ2v) is 7.25. The lowest BCUT2D eigenvalue weighted by Gasteiger charge is -2.18. The molecule has 0 N–H and O–H groups in total. The molecule has 0 aliphatic rings. The summed E-state index contributed by atoms with van der Waals surface area (Å²) in [7, 11) is 2.09. The van der Waals surface area contributed by atoms with Crippen LogP contribution >= 0.6 is 0 Å². The van der Waals surface area contributed by atoms with Crippen molar-refractivity contribution < 1.29 is 0 Å². The molecule has 1 aromatic carbocycles. The Kier molecular flexibility index (Phi) is 7.34. The van der Waals surface area contributed by atoms with Gasteiger partial charge in [0.05, 0.1) is 5.57 Å². The van der Waals surface area contributed by atoms with E-state index in [0.717, 1.165) is 30.5 Å². The summed E-state index contributed by atoms with van der Waals surface area (Å²) in [6, 6.07) is 10.4. The van der Waals surface area contributed by atoms with Crippen LogP contribution in [0.2, 0.25) is 0 Å². The van der Waals surface area contributed by atoms with Crippen molar-refractivity contribution in [2.24, 2.45) is 5.41 Å². The first-order chi connectivity index (χ1) is 11.3. The number of hydrogen-bond acceptors (Lipinski definition) is 2. The second-order valence-electron chi connectivity index (χ2n) is 7.25. The average Bonchev–Trinajstić information content (AvgIpc) is 2.50. The van der Waals surface area contributed by atoms with Crippen molar-refractivity contribution in [3.05, 3.63) is 53.6 Å². The lowest BCUT2D eigenvalue weighted by atomic mass is 9.86. The molecule has 126 valence electrons. The predicted octanol–water partition coefficient (Wildman–Crippen LogP) is 5.33. The summed E-state index contributed by atoms with van der Waals surface area (Å²) in [6.07, 6.45) is 3.58. The smallest absolute Gasteiger partial charge is 0.100 e. The Hall–Kier alpha value is -2.45. The van der Waals surface area contributed by atoms with Crippen LogP contribution in [-0.2, 0) is 0 Å². The Labute approximate surface area is 147 Å². The molecule has 0 aromatic heterocycles. The van der Waals surface area contributed by atoms with Crippen LogP contribution in [0.1, 0.15) is 46.1 Å². The Balaban J connectivity index is 2.83. The van der Waals surface area contributed by atoms with Gasteiger partial charge in [-0.1, -0.05) is 46.1 Å². The van der Waals surface area contributed by atoms with Crippen LogP contribution in [0.3, 0.4) is 0 Å². The van der Waals surface area contributed by atoms with E-state index in [1.165, 1.54) is 5.69 Å². The molecule has 2 nitrogen and oxygen atoms in total. The topological polar surface area (TPSA) is 27.0 Å². The average molecular weight is 320 g/mol. The molecular formula is C22H28N2. The molecule has 2 heteroatoms. The fourth-order valence-corrected chi connectivity index (χ4v) is 2.40. The number of benzene rings is 1. The van der Waals surface area contributed by atoms with Crippen molar-refractivity contribution in [3.8, 4) is 17.9 Å². The largest absolute Gasteiger partial charge is 0.375 e. The molecule has 1 aromatic rings. The minimum Gasteiger partial charge on any atom is -0.375 e. The van der Waals surface area contributed by atoms with Crippen LogP contribution in [0.15, 0.2) is 48.1 Å². The van der Waals surface area contributed by atoms with Crippen LogP contribution in [0.4, 0.5) is 5.69 Å². The van der Waals surface area contributed by atoms with Gasteiger partial charge in [0.1, 0.15) is 6.07 Å². The van der Waals surface area contributed by atoms with Crippen molar-refractivity contribution in [2.45, 2.75) is 40.5 Å². The Morgan fingerprint density at radius 2 is 1.88 bits per heavy atom. The molecule has 0 bridgehead atoms. The molecule has 0 aliphatic heterocycles. The van der Waals surface area contributed by atoms with Gasteiger partial charge in [0, 0.05) is 30.9 Å². The van der Waals surface area contributed by atoms with Gasteiger partial charge >= 0.3 is 0 Å². The molecule has 0 fully saturated rings. The highest BCUT2D eigenvalue weighted by Crippen LogP contribution is 2.26. The highest BCUT2D eigenvalue weighted by molar-refractivity contribution is 5.51. The maximum Gasteiger partial charge on any atom is 0.100 e. The maximum atomic E-state index is 9.29. The fourth-order valence-electron chi connectivity index (χ4n) is 2.40. The lowest BCUT2D eigenvalue weighted by molar-refractivity contribution is 0.413. The summed E-state index contributed by atoms with van der Waals surface area (Å²) in [4.78, 5) is 2.22. The molecule has 24 heavy (non-hydrogen) atoms. The van der Waals surface area contributed by atoms with Crippen molar-refractivity contribution in [1.82, 2.24) is 0 Å². The van der Waals surface area contributed by atoms with Crippen molar-refractivity contribution >= 4 is 5.69 Å². The van der Waals surface area contributed by atoms with Gasteiger partial charge in [-0.25, -0.2) is 0 Å². The monoisotopic (exact) mass is 320 g/mol. The minimum atomic E-state index is 0.112. The zero-order valence-electron chi connectivity index (χ0n) is 15.6. The molecule has 0 heterocycles. The molecule has 0 amide bonds. The summed E-state index contributed by atoms with van der Waals surface area (Å²) < 4.78 is 0. The first kappa shape index (κ1) is 19.6. The normalized spacial score (nSPS) is 11.2. The van der Waals surface area contributed by atoms with E-state index in [2.05, 4.69) is 76.3 Å². The molecule has 0 saturated heterocycles. The van der Waals surface area contributed by atoms with Crippen molar-refractivity contribution in [1.29, 1.82) is 5.26 Å². The Bertz CT molecular complexity index is 683. The van der Waals surface area contributed by atoms with E-state index >= 15 is 0 Å². The molecule has 0 radical (unpaired) electrons. The standard InChI is InChI=1S/C22H28N2/c1-7-15-24(6)21-13-11-19(12-14-21)9-8-10-20(17-23)18(2)16-22(3,4)5/h10-14H,2,7,15-16H2,1,3-6H3/b20-10+. The van der Waals surface area contributed by atoms with E-state index < -0.39 is 0 Å². The van der Waals surface area contributed by atoms with Crippen LogP contribution in [0, 0.1) is 28.6 Å². The van der Waals surface area contributed by atoms with E-state index in [1.807, 2.05) is 12.1 Å². The van der Waals surface area contributed by atoms with Gasteiger partial charge in [0.15, 0.2) is 0 Å². The number of nitriles is 1. The summed E-state index contributed by atoms with van der Waals surface area (Å²) in [6.45, 7) is 13.6. The number of nitrogens with zero attached hydrogens (tertiary/aromatic N) is 2. The van der Waals surface area contributed by atoms with Gasteiger partial charge in [-0.2, -0.15) is 5.26 Å². The van der Waals surface area contributed by atoms with Crippen LogP contribution < -0.4 is 4.90 Å². The first-order valence-electron chi connectivity index (χ1n) is 8.38. The molecule has 0 spiro atoms. The van der Waals surface area contributed by atoms with Crippen molar-refractivity contribution in [3.63, 3.8) is 0 Å². The van der Waals surface area contributed by atoms with E-state index in [9.17, 15) is 5.26 Å². The number of hydrogen-bond donors (Lipinski definition) is 0. The summed E-state index contributed by atoms with van der Waals surface area (Å²) in [5.41, 5.74) is 3.65. The van der Waals surface area contributed by atoms with Crippen LogP contribution in [0.25, 0.3) is 0 Å². The quantitative estimate of drug-likeness (QED) is 0.417. The molecule has 0 atom stereocenters. The molecule has 0 unspecified atom stereocenters. The lowest BCUT2D eigenvalue weighted by Crippen LogP contribution is -2.17. The summed E-state index contributed by atoms with van der Waals surface area (Å²) >= 11 is 0. The Morgan fingerprint density at radius 3 is 2.38 bits per heavy atom. The first-order valence-corrected chi connectivity index (χ1v) is 8.38. The van der Waals surface area contributed by atoms with Crippen LogP contribution in [0.5, 0.6) is 0 Å². The Morgan fingerprint density at radius 1 is 1.25 bits per heavy atom. The third kappa shape index (κ3) is 6.76. The van der Waals surface area contributed by atoms with Crippen molar-refractivity contribution in [2.75, 3.05) is 18.5 Å². The summed E-state index contributed by atoms with van der Waals surface area (Å²) in [5.74, 6) is 6.07. The zero-order valence-corrected chi connectivity index (χ0v) is 15.6. The van der Waals surface area contributed by atoms with E-state index in [4.69, 9.17) is 0 Å². The fraction of sp³-hybridized carbons (Fsp3) is 0.409. The third-order valence-corrected chi connectivity index (χ3v) is 3.55. The van der Waals surface area contributed by atoms with E-state index in [1.54, 1.807) is 6.08 Å². The zero-order chi connectivity index (χ0) is 18.2. The number of anilines is 1. The number of rotatable bonds is 5. The van der Waals surface area contributed by atoms with Gasteiger partial charge in [0.2, 0.25) is 0 Å². The SMILES string of the molecule is C=C(CC(C)(C)C)/C(C#N)=C/C#Cc1ccc(N(C)CCC)cc1. The van der Waals surface area contributed by atoms with Gasteiger partial charge in [-0.15, -0.1) is 0 Å².